The molecule has 1 aromatic carbocycles. The Hall–Kier alpha value is -2.15. The maximum Gasteiger partial charge on any atom is 0.337 e. The molecule has 0 aliphatic heterocycles. The summed E-state index contributed by atoms with van der Waals surface area (Å²) in [6.45, 7) is 0. The van der Waals surface area contributed by atoms with Gasteiger partial charge < -0.3 is 4.74 Å². The van der Waals surface area contributed by atoms with Crippen LogP contribution in [0.5, 0.6) is 0 Å². The molecule has 1 fully saturated rings. The van der Waals surface area contributed by atoms with Crippen LogP contribution < -0.4 is 0 Å². The number of esters is 1. The van der Waals surface area contributed by atoms with Crippen LogP contribution >= 0.6 is 0 Å². The lowest BCUT2D eigenvalue weighted by Crippen LogP contribution is -2.00. The molecular weight excluding hydrogens is 250 g/mol. The van der Waals surface area contributed by atoms with Crippen LogP contribution in [0, 0.1) is 17.8 Å². The molecule has 1 aromatic rings. The Kier molecular flexibility index (Phi) is 3.66. The van der Waals surface area contributed by atoms with Crippen molar-refractivity contribution in [2.75, 3.05) is 7.11 Å². The first-order valence-corrected chi connectivity index (χ1v) is 5.77. The summed E-state index contributed by atoms with van der Waals surface area (Å²) in [5, 5.41) is 0. The van der Waals surface area contributed by atoms with E-state index >= 15 is 0 Å². The van der Waals surface area contributed by atoms with E-state index in [-0.39, 0.29) is 6.42 Å². The van der Waals surface area contributed by atoms with Crippen LogP contribution in [0.1, 0.15) is 22.3 Å². The minimum absolute atomic E-state index is 0.0843. The van der Waals surface area contributed by atoms with Gasteiger partial charge in [0.25, 0.3) is 5.92 Å². The van der Waals surface area contributed by atoms with E-state index in [0.717, 1.165) is 0 Å². The van der Waals surface area contributed by atoms with Gasteiger partial charge in [-0.25, -0.2) is 13.6 Å². The van der Waals surface area contributed by atoms with E-state index in [1.54, 1.807) is 24.3 Å². The quantitative estimate of drug-likeness (QED) is 0.605. The van der Waals surface area contributed by atoms with E-state index in [1.807, 2.05) is 0 Å². The van der Waals surface area contributed by atoms with Crippen molar-refractivity contribution >= 4 is 5.97 Å². The predicted octanol–water partition coefficient (Wildman–Crippen LogP) is 3.04. The number of benzene rings is 1. The second-order valence-corrected chi connectivity index (χ2v) is 4.27. The number of halogens is 2. The van der Waals surface area contributed by atoms with Crippen LogP contribution in [0.15, 0.2) is 36.4 Å². The van der Waals surface area contributed by atoms with Gasteiger partial charge in [0.15, 0.2) is 0 Å². The van der Waals surface area contributed by atoms with Crippen molar-refractivity contribution in [2.45, 2.75) is 12.3 Å². The fourth-order valence-corrected chi connectivity index (χ4v) is 1.54. The molecule has 0 amide bonds. The summed E-state index contributed by atoms with van der Waals surface area (Å²) in [5.41, 5.74) is 1.15. The smallest absolute Gasteiger partial charge is 0.337 e. The molecule has 2 nitrogen and oxygen atoms in total. The minimum atomic E-state index is -2.54. The molecule has 1 aliphatic carbocycles. The van der Waals surface area contributed by atoms with E-state index in [2.05, 4.69) is 16.6 Å². The van der Waals surface area contributed by atoms with Gasteiger partial charge in [0.05, 0.1) is 12.7 Å². The highest BCUT2D eigenvalue weighted by Gasteiger charge is 2.54. The summed E-state index contributed by atoms with van der Waals surface area (Å²) < 4.78 is 29.7. The minimum Gasteiger partial charge on any atom is -0.465 e. The first kappa shape index (κ1) is 13.3. The molecule has 1 atom stereocenters. The molecule has 1 unspecified atom stereocenters. The molecule has 0 heterocycles. The Bertz CT molecular complexity index is 562. The van der Waals surface area contributed by atoms with Crippen LogP contribution in [0.4, 0.5) is 8.78 Å². The lowest BCUT2D eigenvalue weighted by atomic mass is 10.1. The summed E-state index contributed by atoms with van der Waals surface area (Å²) in [4.78, 5) is 11.2. The highest BCUT2D eigenvalue weighted by molar-refractivity contribution is 5.89. The number of carbonyl (C=O) groups excluding carboxylic acids is 1. The van der Waals surface area contributed by atoms with Crippen LogP contribution in [0.2, 0.25) is 0 Å². The number of ether oxygens (including phenoxy) is 1. The molecule has 0 N–H and O–H groups in total. The van der Waals surface area contributed by atoms with Crippen molar-refractivity contribution in [3.63, 3.8) is 0 Å². The standard InChI is InChI=1S/C15H12F2O2/c1-19-14(18)12-8-6-11(7-9-12)4-2-3-5-13-10-15(13,16)17/h3,5-9,13H,10H2,1H3. The van der Waals surface area contributed by atoms with Gasteiger partial charge in [-0.15, -0.1) is 0 Å². The maximum absolute atomic E-state index is 12.6. The average molecular weight is 262 g/mol. The van der Waals surface area contributed by atoms with E-state index in [4.69, 9.17) is 0 Å². The van der Waals surface area contributed by atoms with Crippen molar-refractivity contribution in [1.82, 2.24) is 0 Å². The summed E-state index contributed by atoms with van der Waals surface area (Å²) in [7, 11) is 1.31. The summed E-state index contributed by atoms with van der Waals surface area (Å²) in [6, 6.07) is 6.57. The second kappa shape index (κ2) is 5.23. The van der Waals surface area contributed by atoms with Crippen molar-refractivity contribution in [1.29, 1.82) is 0 Å². The summed E-state index contributed by atoms with van der Waals surface area (Å²) in [5.74, 6) is 1.89. The van der Waals surface area contributed by atoms with Crippen molar-refractivity contribution in [3.05, 3.63) is 47.5 Å². The average Bonchev–Trinajstić information content (AvgIpc) is 3.02. The molecular formula is C15H12F2O2. The van der Waals surface area contributed by atoms with E-state index in [0.29, 0.717) is 11.1 Å². The van der Waals surface area contributed by atoms with Crippen molar-refractivity contribution in [3.8, 4) is 11.8 Å². The largest absolute Gasteiger partial charge is 0.465 e. The molecule has 19 heavy (non-hydrogen) atoms. The van der Waals surface area contributed by atoms with Crippen LogP contribution in [-0.4, -0.2) is 19.0 Å². The lowest BCUT2D eigenvalue weighted by molar-refractivity contribution is 0.0600. The number of carbonyl (C=O) groups is 1. The Labute approximate surface area is 110 Å². The molecule has 0 aromatic heterocycles. The number of methoxy groups -OCH3 is 1. The van der Waals surface area contributed by atoms with Gasteiger partial charge in [-0.1, -0.05) is 17.9 Å². The van der Waals surface area contributed by atoms with Crippen molar-refractivity contribution in [2.24, 2.45) is 5.92 Å². The number of alkyl halides is 2. The monoisotopic (exact) mass is 262 g/mol. The third kappa shape index (κ3) is 3.41. The SMILES string of the molecule is COC(=O)c1ccc(C#CC=CC2CC2(F)F)cc1. The lowest BCUT2D eigenvalue weighted by Gasteiger charge is -1.97. The van der Waals surface area contributed by atoms with Gasteiger partial charge in [-0.3, -0.25) is 0 Å². The molecule has 1 saturated carbocycles. The van der Waals surface area contributed by atoms with Crippen LogP contribution in [-0.2, 0) is 4.74 Å². The normalized spacial score (nSPS) is 19.6. The Morgan fingerprint density at radius 3 is 2.58 bits per heavy atom. The third-order valence-electron chi connectivity index (χ3n) is 2.81. The van der Waals surface area contributed by atoms with E-state index < -0.39 is 17.8 Å². The third-order valence-corrected chi connectivity index (χ3v) is 2.81. The summed E-state index contributed by atoms with van der Waals surface area (Å²) in [6.07, 6.45) is 2.79. The van der Waals surface area contributed by atoms with Gasteiger partial charge in [-0.05, 0) is 30.3 Å². The molecule has 0 saturated heterocycles. The van der Waals surface area contributed by atoms with Crippen LogP contribution in [0.25, 0.3) is 0 Å². The Morgan fingerprint density at radius 1 is 1.42 bits per heavy atom. The number of rotatable bonds is 2. The zero-order chi connectivity index (χ0) is 13.9. The van der Waals surface area contributed by atoms with Gasteiger partial charge in [-0.2, -0.15) is 0 Å². The zero-order valence-electron chi connectivity index (χ0n) is 10.3. The highest BCUT2D eigenvalue weighted by atomic mass is 19.3. The summed E-state index contributed by atoms with van der Waals surface area (Å²) >= 11 is 0. The molecule has 1 aliphatic rings. The van der Waals surface area contributed by atoms with Crippen LogP contribution in [0.3, 0.4) is 0 Å². The van der Waals surface area contributed by atoms with Crippen molar-refractivity contribution < 1.29 is 18.3 Å². The number of hydrogen-bond donors (Lipinski definition) is 0. The number of hydrogen-bond acceptors (Lipinski definition) is 2. The molecule has 0 bridgehead atoms. The molecule has 2 rings (SSSR count). The van der Waals surface area contributed by atoms with Gasteiger partial charge >= 0.3 is 5.97 Å². The molecule has 0 radical (unpaired) electrons. The van der Waals surface area contributed by atoms with Gasteiger partial charge in [0.1, 0.15) is 0 Å². The molecule has 98 valence electrons. The Balaban J connectivity index is 1.95. The zero-order valence-corrected chi connectivity index (χ0v) is 10.3. The topological polar surface area (TPSA) is 26.3 Å². The fourth-order valence-electron chi connectivity index (χ4n) is 1.54. The Morgan fingerprint density at radius 2 is 2.05 bits per heavy atom. The van der Waals surface area contributed by atoms with Gasteiger partial charge in [0.2, 0.25) is 0 Å². The van der Waals surface area contributed by atoms with E-state index in [9.17, 15) is 13.6 Å². The first-order chi connectivity index (χ1) is 9.03. The fraction of sp³-hybridized carbons (Fsp3) is 0.267. The maximum atomic E-state index is 12.6. The first-order valence-electron chi connectivity index (χ1n) is 5.77. The van der Waals surface area contributed by atoms with E-state index in [1.165, 1.54) is 19.3 Å². The molecule has 4 heteroatoms. The highest BCUT2D eigenvalue weighted by Crippen LogP contribution is 2.49. The molecule has 0 spiro atoms. The predicted molar refractivity (Wildman–Crippen MR) is 66.9 cm³/mol. The van der Waals surface area contributed by atoms with Gasteiger partial charge in [0, 0.05) is 17.9 Å². The second-order valence-electron chi connectivity index (χ2n) is 4.27. The number of allylic oxidation sites excluding steroid dienone is 2.